The molecule has 0 saturated carbocycles. The fourth-order valence-corrected chi connectivity index (χ4v) is 3.09. The number of aryl methyl sites for hydroxylation is 2. The minimum Gasteiger partial charge on any atom is -0.496 e. The van der Waals surface area contributed by atoms with Crippen LogP contribution in [0.2, 0.25) is 0 Å². The molecule has 0 aliphatic carbocycles. The Balaban J connectivity index is 1.96. The number of hydrogen-bond donors (Lipinski definition) is 1. The zero-order valence-corrected chi connectivity index (χ0v) is 17.5. The molecule has 0 aromatic heterocycles. The van der Waals surface area contributed by atoms with E-state index >= 15 is 0 Å². The van der Waals surface area contributed by atoms with Gasteiger partial charge in [0.05, 0.1) is 26.4 Å². The minimum atomic E-state index is -0.111. The Hall–Kier alpha value is -2.69. The lowest BCUT2D eigenvalue weighted by atomic mass is 10.0. The molecular weight excluding hydrogens is 354 g/mol. The molecule has 0 bridgehead atoms. The van der Waals surface area contributed by atoms with Crippen molar-refractivity contribution in [1.29, 1.82) is 0 Å². The van der Waals surface area contributed by atoms with Crippen LogP contribution < -0.4 is 19.5 Å². The van der Waals surface area contributed by atoms with Gasteiger partial charge in [-0.3, -0.25) is 4.79 Å². The van der Waals surface area contributed by atoms with E-state index in [9.17, 15) is 4.79 Å². The molecule has 5 heteroatoms. The van der Waals surface area contributed by atoms with Crippen LogP contribution >= 0.6 is 0 Å². The summed E-state index contributed by atoms with van der Waals surface area (Å²) in [6, 6.07) is 11.7. The first kappa shape index (κ1) is 21.6. The summed E-state index contributed by atoms with van der Waals surface area (Å²) in [6.45, 7) is 9.00. The van der Waals surface area contributed by atoms with Gasteiger partial charge in [0.2, 0.25) is 5.91 Å². The second-order valence-corrected chi connectivity index (χ2v) is 6.67. The predicted octanol–water partition coefficient (Wildman–Crippen LogP) is 4.61. The molecular formula is C23H31NO4. The van der Waals surface area contributed by atoms with Gasteiger partial charge in [0.25, 0.3) is 0 Å². The van der Waals surface area contributed by atoms with Gasteiger partial charge >= 0.3 is 0 Å². The van der Waals surface area contributed by atoms with Crippen LogP contribution in [-0.2, 0) is 11.2 Å². The monoisotopic (exact) mass is 385 g/mol. The quantitative estimate of drug-likeness (QED) is 0.649. The molecule has 2 rings (SSSR count). The van der Waals surface area contributed by atoms with Gasteiger partial charge in [-0.2, -0.15) is 0 Å². The van der Waals surface area contributed by atoms with Crippen molar-refractivity contribution in [1.82, 2.24) is 5.32 Å². The second kappa shape index (κ2) is 10.6. The third-order valence-corrected chi connectivity index (χ3v) is 4.54. The van der Waals surface area contributed by atoms with E-state index in [1.807, 2.05) is 58.0 Å². The number of ether oxygens (including phenoxy) is 3. The Kier molecular flexibility index (Phi) is 8.18. The van der Waals surface area contributed by atoms with Crippen LogP contribution in [0.15, 0.2) is 36.4 Å². The van der Waals surface area contributed by atoms with E-state index in [4.69, 9.17) is 14.2 Å². The van der Waals surface area contributed by atoms with Gasteiger partial charge < -0.3 is 19.5 Å². The van der Waals surface area contributed by atoms with Crippen LogP contribution in [-0.4, -0.2) is 26.2 Å². The highest BCUT2D eigenvalue weighted by atomic mass is 16.5. The number of amides is 1. The van der Waals surface area contributed by atoms with Crippen molar-refractivity contribution in [2.45, 2.75) is 46.6 Å². The topological polar surface area (TPSA) is 56.8 Å². The normalized spacial score (nSPS) is 11.6. The van der Waals surface area contributed by atoms with E-state index in [1.54, 1.807) is 7.11 Å². The predicted molar refractivity (Wildman–Crippen MR) is 111 cm³/mol. The standard InChI is InChI=1S/C23H31NO4/c1-6-27-21-12-10-19(15-22(21)28-7-2)17(4)24-23(25)13-9-18-8-11-20(26-5)16(3)14-18/h8,10-12,14-15,17H,6-7,9,13H2,1-5H3,(H,24,25)/t17-/m1/s1. The highest BCUT2D eigenvalue weighted by Crippen LogP contribution is 2.30. The number of hydrogen-bond acceptors (Lipinski definition) is 4. The molecule has 0 unspecified atom stereocenters. The third-order valence-electron chi connectivity index (χ3n) is 4.54. The summed E-state index contributed by atoms with van der Waals surface area (Å²) < 4.78 is 16.5. The van der Waals surface area contributed by atoms with Crippen molar-refractivity contribution in [3.8, 4) is 17.2 Å². The van der Waals surface area contributed by atoms with Gasteiger partial charge in [-0.15, -0.1) is 0 Å². The summed E-state index contributed by atoms with van der Waals surface area (Å²) in [4.78, 5) is 12.4. The number of carbonyl (C=O) groups excluding carboxylic acids is 1. The van der Waals surface area contributed by atoms with Gasteiger partial charge in [-0.05, 0) is 69.0 Å². The Morgan fingerprint density at radius 2 is 1.68 bits per heavy atom. The average Bonchev–Trinajstić information content (AvgIpc) is 2.68. The highest BCUT2D eigenvalue weighted by molar-refractivity contribution is 5.76. The molecule has 0 saturated heterocycles. The number of benzene rings is 2. The van der Waals surface area contributed by atoms with Gasteiger partial charge in [-0.25, -0.2) is 0 Å². The van der Waals surface area contributed by atoms with Gasteiger partial charge in [0, 0.05) is 6.42 Å². The molecule has 2 aromatic carbocycles. The van der Waals surface area contributed by atoms with Crippen molar-refractivity contribution < 1.29 is 19.0 Å². The lowest BCUT2D eigenvalue weighted by Gasteiger charge is -2.17. The lowest BCUT2D eigenvalue weighted by molar-refractivity contribution is -0.121. The van der Waals surface area contributed by atoms with Crippen molar-refractivity contribution in [2.24, 2.45) is 0 Å². The van der Waals surface area contributed by atoms with E-state index in [0.29, 0.717) is 31.8 Å². The van der Waals surface area contributed by atoms with Gasteiger partial charge in [0.1, 0.15) is 5.75 Å². The van der Waals surface area contributed by atoms with E-state index < -0.39 is 0 Å². The zero-order valence-electron chi connectivity index (χ0n) is 17.5. The van der Waals surface area contributed by atoms with Crippen molar-refractivity contribution in [2.75, 3.05) is 20.3 Å². The van der Waals surface area contributed by atoms with Crippen LogP contribution in [0.4, 0.5) is 0 Å². The molecule has 1 amide bonds. The first-order valence-electron chi connectivity index (χ1n) is 9.80. The Bertz CT molecular complexity index is 788. The third kappa shape index (κ3) is 5.91. The number of carbonyl (C=O) groups is 1. The second-order valence-electron chi connectivity index (χ2n) is 6.67. The SMILES string of the molecule is CCOc1ccc([C@@H](C)NC(=O)CCc2ccc(OC)c(C)c2)cc1OCC. The smallest absolute Gasteiger partial charge is 0.220 e. The lowest BCUT2D eigenvalue weighted by Crippen LogP contribution is -2.26. The van der Waals surface area contributed by atoms with Crippen LogP contribution in [0.3, 0.4) is 0 Å². The average molecular weight is 386 g/mol. The summed E-state index contributed by atoms with van der Waals surface area (Å²) >= 11 is 0. The summed E-state index contributed by atoms with van der Waals surface area (Å²) in [6.07, 6.45) is 1.13. The van der Waals surface area contributed by atoms with E-state index in [-0.39, 0.29) is 11.9 Å². The molecule has 5 nitrogen and oxygen atoms in total. The minimum absolute atomic E-state index is 0.0211. The first-order valence-corrected chi connectivity index (χ1v) is 9.80. The van der Waals surface area contributed by atoms with E-state index in [1.165, 1.54) is 0 Å². The number of rotatable bonds is 10. The summed E-state index contributed by atoms with van der Waals surface area (Å²) in [5, 5.41) is 3.06. The van der Waals surface area contributed by atoms with Crippen molar-refractivity contribution >= 4 is 5.91 Å². The number of nitrogens with one attached hydrogen (secondary N) is 1. The molecule has 152 valence electrons. The summed E-state index contributed by atoms with van der Waals surface area (Å²) in [5.41, 5.74) is 3.19. The van der Waals surface area contributed by atoms with Crippen molar-refractivity contribution in [3.05, 3.63) is 53.1 Å². The molecule has 2 aromatic rings. The number of methoxy groups -OCH3 is 1. The molecule has 28 heavy (non-hydrogen) atoms. The first-order chi connectivity index (χ1) is 13.5. The van der Waals surface area contributed by atoms with Crippen LogP contribution in [0.25, 0.3) is 0 Å². The fraction of sp³-hybridized carbons (Fsp3) is 0.435. The fourth-order valence-electron chi connectivity index (χ4n) is 3.09. The van der Waals surface area contributed by atoms with Crippen LogP contribution in [0, 0.1) is 6.92 Å². The maximum Gasteiger partial charge on any atom is 0.220 e. The molecule has 0 aliphatic heterocycles. The maximum atomic E-state index is 12.4. The van der Waals surface area contributed by atoms with Crippen LogP contribution in [0.5, 0.6) is 17.2 Å². The summed E-state index contributed by atoms with van der Waals surface area (Å²) in [7, 11) is 1.66. The molecule has 0 aliphatic rings. The van der Waals surface area contributed by atoms with E-state index in [2.05, 4.69) is 11.4 Å². The van der Waals surface area contributed by atoms with Gasteiger partial charge in [0.15, 0.2) is 11.5 Å². The molecule has 0 spiro atoms. The summed E-state index contributed by atoms with van der Waals surface area (Å²) in [5.74, 6) is 2.31. The molecule has 1 N–H and O–H groups in total. The Labute approximate surface area is 168 Å². The zero-order chi connectivity index (χ0) is 20.5. The molecule has 0 radical (unpaired) electrons. The largest absolute Gasteiger partial charge is 0.496 e. The highest BCUT2D eigenvalue weighted by Gasteiger charge is 2.13. The van der Waals surface area contributed by atoms with Crippen LogP contribution in [0.1, 0.15) is 49.9 Å². The Morgan fingerprint density at radius 1 is 1.00 bits per heavy atom. The van der Waals surface area contributed by atoms with E-state index in [0.717, 1.165) is 28.2 Å². The molecule has 1 atom stereocenters. The maximum absolute atomic E-state index is 12.4. The molecule has 0 heterocycles. The van der Waals surface area contributed by atoms with Gasteiger partial charge in [-0.1, -0.05) is 18.2 Å². The Morgan fingerprint density at radius 3 is 2.32 bits per heavy atom. The van der Waals surface area contributed by atoms with Crippen molar-refractivity contribution in [3.63, 3.8) is 0 Å². The molecule has 0 fully saturated rings.